The van der Waals surface area contributed by atoms with Crippen molar-refractivity contribution in [1.82, 2.24) is 4.98 Å². The van der Waals surface area contributed by atoms with Crippen LogP contribution in [0.3, 0.4) is 0 Å². The number of benzene rings is 3. The summed E-state index contributed by atoms with van der Waals surface area (Å²) >= 11 is 0. The lowest BCUT2D eigenvalue weighted by Gasteiger charge is -2.29. The summed E-state index contributed by atoms with van der Waals surface area (Å²) < 4.78 is 27.2. The van der Waals surface area contributed by atoms with E-state index >= 15 is 0 Å². The highest BCUT2D eigenvalue weighted by Crippen LogP contribution is 2.45. The molecule has 0 atom stereocenters. The zero-order chi connectivity index (χ0) is 18.5. The van der Waals surface area contributed by atoms with Crippen molar-refractivity contribution in [2.75, 3.05) is 5.32 Å². The maximum atomic E-state index is 13.8. The summed E-state index contributed by atoms with van der Waals surface area (Å²) in [6, 6.07) is 13.8. The zero-order valence-electron chi connectivity index (χ0n) is 15.1. The molecular formula is C23H20F2N2. The van der Waals surface area contributed by atoms with Crippen LogP contribution < -0.4 is 5.32 Å². The second-order valence-corrected chi connectivity index (χ2v) is 7.48. The summed E-state index contributed by atoms with van der Waals surface area (Å²) in [7, 11) is 0. The Morgan fingerprint density at radius 3 is 2.37 bits per heavy atom. The number of fused-ring (bicyclic) bond motifs is 3. The van der Waals surface area contributed by atoms with E-state index in [1.54, 1.807) is 18.2 Å². The van der Waals surface area contributed by atoms with E-state index in [4.69, 9.17) is 0 Å². The van der Waals surface area contributed by atoms with Crippen LogP contribution in [0.15, 0.2) is 48.5 Å². The molecule has 1 fully saturated rings. The van der Waals surface area contributed by atoms with E-state index in [0.717, 1.165) is 51.6 Å². The zero-order valence-corrected chi connectivity index (χ0v) is 15.1. The first-order valence-corrected chi connectivity index (χ1v) is 9.37. The molecule has 1 heterocycles. The average molecular weight is 362 g/mol. The third kappa shape index (κ3) is 2.67. The van der Waals surface area contributed by atoms with Crippen LogP contribution in [0.4, 0.5) is 20.2 Å². The predicted molar refractivity (Wildman–Crippen MR) is 107 cm³/mol. The summed E-state index contributed by atoms with van der Waals surface area (Å²) in [6.45, 7) is 1.90. The fourth-order valence-electron chi connectivity index (χ4n) is 4.10. The normalized spacial score (nSPS) is 14.6. The number of aromatic nitrogens is 1. The van der Waals surface area contributed by atoms with Crippen LogP contribution in [0.2, 0.25) is 0 Å². The van der Waals surface area contributed by atoms with E-state index in [2.05, 4.69) is 16.4 Å². The fraction of sp³-hybridized carbons (Fsp3) is 0.217. The Morgan fingerprint density at radius 2 is 1.63 bits per heavy atom. The maximum absolute atomic E-state index is 13.8. The van der Waals surface area contributed by atoms with Gasteiger partial charge in [-0.3, -0.25) is 0 Å². The number of aromatic amines is 1. The van der Waals surface area contributed by atoms with E-state index < -0.39 is 0 Å². The maximum Gasteiger partial charge on any atom is 0.123 e. The first-order chi connectivity index (χ1) is 13.1. The first-order valence-electron chi connectivity index (χ1n) is 9.37. The van der Waals surface area contributed by atoms with Gasteiger partial charge in [-0.2, -0.15) is 0 Å². The van der Waals surface area contributed by atoms with E-state index in [1.807, 2.05) is 13.0 Å². The highest BCUT2D eigenvalue weighted by Gasteiger charge is 2.26. The van der Waals surface area contributed by atoms with Gasteiger partial charge in [0.1, 0.15) is 11.6 Å². The molecular weight excluding hydrogens is 342 g/mol. The van der Waals surface area contributed by atoms with Crippen LogP contribution in [0.5, 0.6) is 0 Å². The lowest BCUT2D eigenvalue weighted by Crippen LogP contribution is -2.12. The van der Waals surface area contributed by atoms with Gasteiger partial charge < -0.3 is 10.3 Å². The average Bonchev–Trinajstić information content (AvgIpc) is 2.95. The number of hydrogen-bond acceptors (Lipinski definition) is 1. The molecule has 5 rings (SSSR count). The fourth-order valence-corrected chi connectivity index (χ4v) is 4.10. The number of hydrogen-bond donors (Lipinski definition) is 2. The van der Waals surface area contributed by atoms with Crippen molar-refractivity contribution in [2.45, 2.75) is 32.1 Å². The van der Waals surface area contributed by atoms with Crippen molar-refractivity contribution < 1.29 is 8.78 Å². The Bertz CT molecular complexity index is 1170. The quantitative estimate of drug-likeness (QED) is 0.407. The number of halogens is 2. The summed E-state index contributed by atoms with van der Waals surface area (Å²) in [5.41, 5.74) is 6.08. The summed E-state index contributed by atoms with van der Waals surface area (Å²) in [5.74, 6) is 0.0259. The Kier molecular flexibility index (Phi) is 3.67. The molecule has 0 unspecified atom stereocenters. The highest BCUT2D eigenvalue weighted by molar-refractivity contribution is 6.09. The van der Waals surface area contributed by atoms with Gasteiger partial charge in [0.25, 0.3) is 0 Å². The topological polar surface area (TPSA) is 27.8 Å². The molecule has 1 aliphatic carbocycles. The molecule has 1 aromatic heterocycles. The Labute approximate surface area is 156 Å². The number of anilines is 2. The van der Waals surface area contributed by atoms with Crippen LogP contribution >= 0.6 is 0 Å². The van der Waals surface area contributed by atoms with Gasteiger partial charge in [-0.1, -0.05) is 12.5 Å². The van der Waals surface area contributed by atoms with Gasteiger partial charge in [0, 0.05) is 33.2 Å². The van der Waals surface area contributed by atoms with Gasteiger partial charge in [-0.05, 0) is 73.7 Å². The van der Waals surface area contributed by atoms with Crippen molar-refractivity contribution in [3.8, 4) is 0 Å². The third-order valence-corrected chi connectivity index (χ3v) is 5.75. The molecule has 4 aromatic rings. The third-order valence-electron chi connectivity index (χ3n) is 5.75. The number of nitrogens with one attached hydrogen (secondary N) is 2. The molecule has 0 saturated heterocycles. The summed E-state index contributed by atoms with van der Waals surface area (Å²) in [5, 5.41) is 5.47. The Morgan fingerprint density at radius 1 is 0.889 bits per heavy atom. The summed E-state index contributed by atoms with van der Waals surface area (Å²) in [6.07, 6.45) is 3.53. The van der Waals surface area contributed by atoms with Crippen LogP contribution in [-0.2, 0) is 0 Å². The van der Waals surface area contributed by atoms with E-state index in [9.17, 15) is 8.78 Å². The molecule has 136 valence electrons. The molecule has 4 heteroatoms. The molecule has 1 saturated carbocycles. The minimum atomic E-state index is -0.231. The lowest BCUT2D eigenvalue weighted by molar-refractivity contribution is 0.423. The predicted octanol–water partition coefficient (Wildman–Crippen LogP) is 6.92. The highest BCUT2D eigenvalue weighted by atomic mass is 19.1. The number of rotatable bonds is 3. The van der Waals surface area contributed by atoms with Crippen molar-refractivity contribution in [1.29, 1.82) is 0 Å². The SMILES string of the molecule is Cc1cc(F)ccc1Nc1ccc2c([nH]c3ccc(F)cc32)c1C1CCC1. The molecule has 0 amide bonds. The van der Waals surface area contributed by atoms with Gasteiger partial charge in [-0.15, -0.1) is 0 Å². The monoisotopic (exact) mass is 362 g/mol. The minimum absolute atomic E-state index is 0.224. The van der Waals surface area contributed by atoms with Crippen molar-refractivity contribution in [2.24, 2.45) is 0 Å². The van der Waals surface area contributed by atoms with Gasteiger partial charge >= 0.3 is 0 Å². The molecule has 0 radical (unpaired) electrons. The van der Waals surface area contributed by atoms with Crippen LogP contribution in [0, 0.1) is 18.6 Å². The molecule has 2 nitrogen and oxygen atoms in total. The minimum Gasteiger partial charge on any atom is -0.355 e. The van der Waals surface area contributed by atoms with Gasteiger partial charge in [0.2, 0.25) is 0 Å². The van der Waals surface area contributed by atoms with Crippen LogP contribution in [-0.4, -0.2) is 4.98 Å². The Hall–Kier alpha value is -2.88. The molecule has 1 aliphatic rings. The van der Waals surface area contributed by atoms with Gasteiger partial charge in [0.15, 0.2) is 0 Å². The molecule has 3 aromatic carbocycles. The van der Waals surface area contributed by atoms with Crippen molar-refractivity contribution >= 4 is 33.2 Å². The standard InChI is InChI=1S/C23H20F2N2/c1-13-11-15(24)5-8-19(13)26-21-10-7-17-18-12-16(25)6-9-20(18)27-23(17)22(21)14-3-2-4-14/h5-12,14,26-27H,2-4H2,1H3. The van der Waals surface area contributed by atoms with Crippen molar-refractivity contribution in [3.05, 3.63) is 71.3 Å². The first kappa shape index (κ1) is 16.3. The second kappa shape index (κ2) is 6.08. The Balaban J connectivity index is 1.70. The second-order valence-electron chi connectivity index (χ2n) is 7.48. The van der Waals surface area contributed by atoms with E-state index in [0.29, 0.717) is 5.92 Å². The molecule has 0 bridgehead atoms. The molecule has 27 heavy (non-hydrogen) atoms. The van der Waals surface area contributed by atoms with Crippen LogP contribution in [0.1, 0.15) is 36.3 Å². The van der Waals surface area contributed by atoms with E-state index in [1.165, 1.54) is 30.2 Å². The lowest BCUT2D eigenvalue weighted by atomic mass is 9.78. The largest absolute Gasteiger partial charge is 0.355 e. The van der Waals surface area contributed by atoms with Crippen LogP contribution in [0.25, 0.3) is 21.8 Å². The molecule has 2 N–H and O–H groups in total. The number of aryl methyl sites for hydroxylation is 1. The molecule has 0 spiro atoms. The van der Waals surface area contributed by atoms with Gasteiger partial charge in [-0.25, -0.2) is 8.78 Å². The van der Waals surface area contributed by atoms with E-state index in [-0.39, 0.29) is 11.6 Å². The number of H-pyrrole nitrogens is 1. The molecule has 0 aliphatic heterocycles. The van der Waals surface area contributed by atoms with Gasteiger partial charge in [0.05, 0.1) is 5.52 Å². The van der Waals surface area contributed by atoms with Crippen molar-refractivity contribution in [3.63, 3.8) is 0 Å². The smallest absolute Gasteiger partial charge is 0.123 e. The summed E-state index contributed by atoms with van der Waals surface area (Å²) in [4.78, 5) is 3.51.